The van der Waals surface area contributed by atoms with Gasteiger partial charge in [0.15, 0.2) is 0 Å². The molecule has 8 heteroatoms. The highest BCUT2D eigenvalue weighted by atomic mass is 16.6. The molecule has 0 radical (unpaired) electrons. The normalized spacial score (nSPS) is 31.9. The Labute approximate surface area is 214 Å². The maximum absolute atomic E-state index is 12.3. The van der Waals surface area contributed by atoms with Gasteiger partial charge in [0.05, 0.1) is 24.5 Å². The Balaban J connectivity index is 2.25. The van der Waals surface area contributed by atoms with Crippen LogP contribution in [0.3, 0.4) is 0 Å². The second kappa shape index (κ2) is 11.9. The predicted molar refractivity (Wildman–Crippen MR) is 135 cm³/mol. The Bertz CT molecular complexity index is 884. The monoisotopic (exact) mass is 508 g/mol. The topological polar surface area (TPSA) is 130 Å². The van der Waals surface area contributed by atoms with Crippen LogP contribution in [0.5, 0.6) is 0 Å². The maximum atomic E-state index is 12.3. The third-order valence-electron chi connectivity index (χ3n) is 7.98. The molecule has 1 unspecified atom stereocenters. The lowest BCUT2D eigenvalue weighted by Crippen LogP contribution is -2.44. The SMILES string of the molecule is CC(=O)OC(C)(C)[C@@H]1CC[C@]2(C)[C@@H](O)/C=C(/COC(=O)CC(C)(O)CC(=O)O)CC/C=C(\C)CC[C@@H]12. The molecule has 36 heavy (non-hydrogen) atoms. The Morgan fingerprint density at radius 3 is 2.42 bits per heavy atom. The zero-order valence-electron chi connectivity index (χ0n) is 22.6. The fraction of sp³-hybridized carbons (Fsp3) is 0.750. The first-order chi connectivity index (χ1) is 16.6. The maximum Gasteiger partial charge on any atom is 0.309 e. The van der Waals surface area contributed by atoms with Gasteiger partial charge in [0.1, 0.15) is 12.2 Å². The molecule has 5 atom stereocenters. The molecule has 0 aromatic heterocycles. The van der Waals surface area contributed by atoms with Gasteiger partial charge in [-0.2, -0.15) is 0 Å². The van der Waals surface area contributed by atoms with Crippen LogP contribution in [0, 0.1) is 17.3 Å². The summed E-state index contributed by atoms with van der Waals surface area (Å²) in [4.78, 5) is 35.0. The van der Waals surface area contributed by atoms with E-state index in [9.17, 15) is 24.6 Å². The van der Waals surface area contributed by atoms with Crippen molar-refractivity contribution in [3.8, 4) is 0 Å². The molecular formula is C28H44O8. The van der Waals surface area contributed by atoms with E-state index in [2.05, 4.69) is 19.9 Å². The minimum Gasteiger partial charge on any atom is -0.481 e. The summed E-state index contributed by atoms with van der Waals surface area (Å²) >= 11 is 0. The van der Waals surface area contributed by atoms with Crippen LogP contribution in [0.25, 0.3) is 0 Å². The summed E-state index contributed by atoms with van der Waals surface area (Å²) in [5.41, 5.74) is -0.749. The predicted octanol–water partition coefficient (Wildman–Crippen LogP) is 4.33. The smallest absolute Gasteiger partial charge is 0.309 e. The molecule has 3 N–H and O–H groups in total. The number of rotatable bonds is 8. The standard InChI is InChI=1S/C28H44O8/c1-18-8-7-9-20(17-35-25(33)16-27(5,34)15-24(31)32)14-23(30)28(6)13-12-21(22(28)11-10-18)26(3,4)36-19(2)29/h8,14,21-23,30,34H,7,9-13,15-17H2,1-6H3,(H,31,32)/b18-8+,20-14+/t21-,22+,23+,27?,28+/m1/s1. The zero-order chi connectivity index (χ0) is 27.3. The number of allylic oxidation sites excluding steroid dienone is 2. The summed E-state index contributed by atoms with van der Waals surface area (Å²) in [6.45, 7) is 10.8. The Kier molecular flexibility index (Phi) is 9.93. The van der Waals surface area contributed by atoms with Crippen LogP contribution >= 0.6 is 0 Å². The third kappa shape index (κ3) is 8.17. The number of aliphatic hydroxyl groups is 2. The highest BCUT2D eigenvalue weighted by molar-refractivity contribution is 5.74. The lowest BCUT2D eigenvalue weighted by atomic mass is 9.67. The molecule has 0 saturated heterocycles. The molecule has 1 fully saturated rings. The minimum absolute atomic E-state index is 0.0327. The molecule has 0 aliphatic heterocycles. The molecule has 0 spiro atoms. The van der Waals surface area contributed by atoms with Crippen LogP contribution in [-0.2, 0) is 23.9 Å². The molecule has 0 amide bonds. The number of hydrogen-bond donors (Lipinski definition) is 3. The summed E-state index contributed by atoms with van der Waals surface area (Å²) < 4.78 is 11.1. The highest BCUT2D eigenvalue weighted by Crippen LogP contribution is 2.55. The fourth-order valence-corrected chi connectivity index (χ4v) is 6.02. The van der Waals surface area contributed by atoms with E-state index in [0.29, 0.717) is 6.42 Å². The third-order valence-corrected chi connectivity index (χ3v) is 7.98. The van der Waals surface area contributed by atoms with Crippen LogP contribution in [0.15, 0.2) is 23.3 Å². The molecule has 8 nitrogen and oxygen atoms in total. The molecule has 2 aliphatic rings. The van der Waals surface area contributed by atoms with Crippen LogP contribution in [-0.4, -0.2) is 57.1 Å². The molecule has 1 saturated carbocycles. The molecule has 2 aliphatic carbocycles. The van der Waals surface area contributed by atoms with Crippen molar-refractivity contribution < 1.29 is 39.2 Å². The van der Waals surface area contributed by atoms with Crippen LogP contribution in [0.4, 0.5) is 0 Å². The molecule has 2 rings (SSSR count). The van der Waals surface area contributed by atoms with E-state index in [1.807, 2.05) is 13.8 Å². The number of carbonyl (C=O) groups excluding carboxylic acids is 2. The molecule has 0 aromatic carbocycles. The average molecular weight is 509 g/mol. The molecule has 0 heterocycles. The number of fused-ring (bicyclic) bond motifs is 1. The summed E-state index contributed by atoms with van der Waals surface area (Å²) in [5, 5.41) is 30.5. The van der Waals surface area contributed by atoms with Crippen molar-refractivity contribution in [3.05, 3.63) is 23.3 Å². The number of aliphatic hydroxyl groups excluding tert-OH is 1. The molecule has 0 bridgehead atoms. The van der Waals surface area contributed by atoms with Crippen LogP contribution < -0.4 is 0 Å². The van der Waals surface area contributed by atoms with Crippen molar-refractivity contribution in [3.63, 3.8) is 0 Å². The van der Waals surface area contributed by atoms with Crippen molar-refractivity contribution in [2.24, 2.45) is 17.3 Å². The first kappa shape index (κ1) is 30.0. The molecule has 0 aromatic rings. The zero-order valence-corrected chi connectivity index (χ0v) is 22.6. The van der Waals surface area contributed by atoms with Gasteiger partial charge in [-0.05, 0) is 77.7 Å². The van der Waals surface area contributed by atoms with Crippen LogP contribution in [0.1, 0.15) is 92.9 Å². The van der Waals surface area contributed by atoms with E-state index in [0.717, 1.165) is 37.7 Å². The van der Waals surface area contributed by atoms with Gasteiger partial charge in [-0.3, -0.25) is 14.4 Å². The van der Waals surface area contributed by atoms with Gasteiger partial charge >= 0.3 is 17.9 Å². The summed E-state index contributed by atoms with van der Waals surface area (Å²) in [6.07, 6.45) is 6.93. The van der Waals surface area contributed by atoms with Crippen molar-refractivity contribution in [1.29, 1.82) is 0 Å². The van der Waals surface area contributed by atoms with Gasteiger partial charge in [0.25, 0.3) is 0 Å². The van der Waals surface area contributed by atoms with Gasteiger partial charge in [0.2, 0.25) is 0 Å². The lowest BCUT2D eigenvalue weighted by Gasteiger charge is -2.42. The first-order valence-corrected chi connectivity index (χ1v) is 12.9. The number of carboxylic acid groups (broad SMARTS) is 1. The Morgan fingerprint density at radius 1 is 1.14 bits per heavy atom. The van der Waals surface area contributed by atoms with Crippen LogP contribution in [0.2, 0.25) is 0 Å². The largest absolute Gasteiger partial charge is 0.481 e. The number of carboxylic acids is 1. The van der Waals surface area contributed by atoms with Gasteiger partial charge in [0, 0.05) is 18.3 Å². The van der Waals surface area contributed by atoms with Gasteiger partial charge < -0.3 is 24.8 Å². The fourth-order valence-electron chi connectivity index (χ4n) is 6.02. The van der Waals surface area contributed by atoms with Crippen molar-refractivity contribution in [1.82, 2.24) is 0 Å². The van der Waals surface area contributed by atoms with Gasteiger partial charge in [-0.15, -0.1) is 0 Å². The van der Waals surface area contributed by atoms with E-state index in [-0.39, 0.29) is 24.4 Å². The van der Waals surface area contributed by atoms with Crippen molar-refractivity contribution in [2.75, 3.05) is 6.61 Å². The van der Waals surface area contributed by atoms with E-state index >= 15 is 0 Å². The van der Waals surface area contributed by atoms with Crippen molar-refractivity contribution in [2.45, 2.75) is 110 Å². The summed E-state index contributed by atoms with van der Waals surface area (Å²) in [7, 11) is 0. The highest BCUT2D eigenvalue weighted by Gasteiger charge is 2.53. The minimum atomic E-state index is -1.70. The molecular weight excluding hydrogens is 464 g/mol. The quantitative estimate of drug-likeness (QED) is 0.326. The van der Waals surface area contributed by atoms with E-state index in [1.165, 1.54) is 19.4 Å². The summed E-state index contributed by atoms with van der Waals surface area (Å²) in [5.74, 6) is -1.98. The van der Waals surface area contributed by atoms with Crippen molar-refractivity contribution >= 4 is 17.9 Å². The summed E-state index contributed by atoms with van der Waals surface area (Å²) in [6, 6.07) is 0. The van der Waals surface area contributed by atoms with Gasteiger partial charge in [-0.25, -0.2) is 0 Å². The van der Waals surface area contributed by atoms with E-state index < -0.39 is 47.5 Å². The number of carbonyl (C=O) groups is 3. The lowest BCUT2D eigenvalue weighted by molar-refractivity contribution is -0.162. The number of ether oxygens (including phenoxy) is 2. The number of aliphatic carboxylic acids is 1. The second-order valence-electron chi connectivity index (χ2n) is 11.8. The second-order valence-corrected chi connectivity index (χ2v) is 11.8. The number of hydrogen-bond acceptors (Lipinski definition) is 7. The van der Waals surface area contributed by atoms with E-state index in [4.69, 9.17) is 14.6 Å². The Morgan fingerprint density at radius 2 is 1.81 bits per heavy atom. The number of esters is 2. The average Bonchev–Trinajstić information content (AvgIpc) is 3.05. The van der Waals surface area contributed by atoms with Gasteiger partial charge in [-0.1, -0.05) is 24.6 Å². The van der Waals surface area contributed by atoms with E-state index in [1.54, 1.807) is 6.08 Å². The first-order valence-electron chi connectivity index (χ1n) is 12.9. The molecule has 204 valence electrons. The Hall–Kier alpha value is -2.19.